The van der Waals surface area contributed by atoms with Crippen LogP contribution >= 0.6 is 0 Å². The van der Waals surface area contributed by atoms with Crippen LogP contribution in [-0.4, -0.2) is 63.2 Å². The number of anilines is 1. The molecule has 39 heavy (non-hydrogen) atoms. The molecule has 3 aliphatic rings. The second-order valence-electron chi connectivity index (χ2n) is 9.63. The molecule has 1 unspecified atom stereocenters. The molecule has 0 amide bonds. The van der Waals surface area contributed by atoms with E-state index in [1.54, 1.807) is 17.6 Å². The normalized spacial score (nSPS) is 17.5. The fraction of sp³-hybridized carbons (Fsp3) is 0.310. The van der Waals surface area contributed by atoms with Crippen LogP contribution in [0.3, 0.4) is 0 Å². The van der Waals surface area contributed by atoms with Crippen LogP contribution in [-0.2, 0) is 16.0 Å². The molecule has 5 heterocycles. The van der Waals surface area contributed by atoms with Crippen LogP contribution in [0.15, 0.2) is 67.1 Å². The Morgan fingerprint density at radius 3 is 2.82 bits per heavy atom. The second-order valence-corrected chi connectivity index (χ2v) is 9.63. The van der Waals surface area contributed by atoms with Gasteiger partial charge in [-0.2, -0.15) is 9.61 Å². The Morgan fingerprint density at radius 1 is 1.18 bits per heavy atom. The fourth-order valence-electron chi connectivity index (χ4n) is 5.18. The number of benzene rings is 1. The minimum absolute atomic E-state index is 0.0782. The molecule has 2 atom stereocenters. The van der Waals surface area contributed by atoms with Crippen molar-refractivity contribution in [2.45, 2.75) is 32.1 Å². The van der Waals surface area contributed by atoms with E-state index < -0.39 is 12.1 Å². The van der Waals surface area contributed by atoms with Gasteiger partial charge >= 0.3 is 5.97 Å². The maximum absolute atomic E-state index is 14.8. The Hall–Kier alpha value is -4.31. The van der Waals surface area contributed by atoms with Crippen LogP contribution in [0.25, 0.3) is 28.3 Å². The van der Waals surface area contributed by atoms with Crippen molar-refractivity contribution in [3.8, 4) is 22.6 Å². The maximum atomic E-state index is 14.8. The first-order chi connectivity index (χ1) is 19.0. The molecule has 10 heteroatoms. The van der Waals surface area contributed by atoms with Gasteiger partial charge in [0.15, 0.2) is 5.65 Å². The number of carbonyl (C=O) groups excluding carboxylic acids is 1. The molecule has 1 fully saturated rings. The van der Waals surface area contributed by atoms with Gasteiger partial charge < -0.3 is 18.9 Å². The van der Waals surface area contributed by atoms with Gasteiger partial charge in [0.2, 0.25) is 0 Å². The molecule has 9 nitrogen and oxygen atoms in total. The first-order valence-corrected chi connectivity index (χ1v) is 13.0. The standard InChI is InChI=1S/C29H29FN6O3/c1-3-39-29(37)22-16-32-36-26(34(2)17-19-8-5-4-6-9-19)14-24(33-28(22)36)21-15-31-27-20(21)10-7-12-35(27)25-11-13-38-18-23(25)30/h4-10,12,14-16,23,25H,3,11,13,17-18H2,1-2H3/t23?,25-/m1/s1. The van der Waals surface area contributed by atoms with Gasteiger partial charge in [-0.15, -0.1) is 0 Å². The summed E-state index contributed by atoms with van der Waals surface area (Å²) in [5.41, 5.74) is 4.08. The van der Waals surface area contributed by atoms with Crippen molar-refractivity contribution in [3.05, 3.63) is 78.2 Å². The van der Waals surface area contributed by atoms with Crippen LogP contribution in [0.5, 0.6) is 0 Å². The SMILES string of the molecule is CCOC(=O)c1cnn2c(N(C)Cc3ccccc3)cc(-c3cnc4n([C@@H]5CCOCC5F)cccc3-4)nc12. The molecule has 3 aliphatic heterocycles. The van der Waals surface area contributed by atoms with Gasteiger partial charge in [-0.1, -0.05) is 30.3 Å². The van der Waals surface area contributed by atoms with Crippen LogP contribution in [0.1, 0.15) is 35.3 Å². The molecule has 2 aromatic heterocycles. The van der Waals surface area contributed by atoms with E-state index in [2.05, 4.69) is 27.1 Å². The molecule has 200 valence electrons. The third-order valence-corrected chi connectivity index (χ3v) is 7.09. The van der Waals surface area contributed by atoms with Gasteiger partial charge in [-0.25, -0.2) is 19.2 Å². The predicted octanol–water partition coefficient (Wildman–Crippen LogP) is 4.81. The Morgan fingerprint density at radius 2 is 2.03 bits per heavy atom. The number of aromatic nitrogens is 5. The maximum Gasteiger partial charge on any atom is 0.343 e. The van der Waals surface area contributed by atoms with E-state index in [1.165, 1.54) is 6.20 Å². The molecule has 0 N–H and O–H groups in total. The summed E-state index contributed by atoms with van der Waals surface area (Å²) in [6.07, 6.45) is 4.58. The quantitative estimate of drug-likeness (QED) is 0.280. The summed E-state index contributed by atoms with van der Waals surface area (Å²) in [5, 5.41) is 4.49. The van der Waals surface area contributed by atoms with Gasteiger partial charge in [0.05, 0.1) is 31.1 Å². The van der Waals surface area contributed by atoms with E-state index in [-0.39, 0.29) is 24.8 Å². The van der Waals surface area contributed by atoms with E-state index in [4.69, 9.17) is 14.5 Å². The number of halogens is 1. The van der Waals surface area contributed by atoms with E-state index in [9.17, 15) is 9.18 Å². The first-order valence-electron chi connectivity index (χ1n) is 13.0. The summed E-state index contributed by atoms with van der Waals surface area (Å²) in [7, 11) is 1.97. The van der Waals surface area contributed by atoms with Crippen molar-refractivity contribution < 1.29 is 18.7 Å². The van der Waals surface area contributed by atoms with Crippen molar-refractivity contribution >= 4 is 17.4 Å². The second kappa shape index (κ2) is 10.5. The third kappa shape index (κ3) is 4.61. The number of carbonyl (C=O) groups is 1. The highest BCUT2D eigenvalue weighted by molar-refractivity contribution is 5.96. The van der Waals surface area contributed by atoms with E-state index in [1.807, 2.05) is 54.2 Å². The number of alkyl halides is 1. The highest BCUT2D eigenvalue weighted by Gasteiger charge is 2.30. The molecule has 3 aromatic rings. The number of ether oxygens (including phenoxy) is 2. The van der Waals surface area contributed by atoms with Crippen LogP contribution < -0.4 is 4.90 Å². The molecule has 1 aromatic carbocycles. The van der Waals surface area contributed by atoms with E-state index >= 15 is 0 Å². The lowest BCUT2D eigenvalue weighted by atomic mass is 10.0. The van der Waals surface area contributed by atoms with Crippen LogP contribution in [0, 0.1) is 0 Å². The number of esters is 1. The Labute approximate surface area is 225 Å². The molecule has 0 saturated carbocycles. The third-order valence-electron chi connectivity index (χ3n) is 7.09. The summed E-state index contributed by atoms with van der Waals surface area (Å²) in [5.74, 6) is 0.952. The highest BCUT2D eigenvalue weighted by atomic mass is 19.1. The molecule has 0 spiro atoms. The Kier molecular flexibility index (Phi) is 6.70. The van der Waals surface area contributed by atoms with Crippen molar-refractivity contribution in [3.63, 3.8) is 0 Å². The number of nitrogens with zero attached hydrogens (tertiary/aromatic N) is 6. The fourth-order valence-corrected chi connectivity index (χ4v) is 5.18. The van der Waals surface area contributed by atoms with Gasteiger partial charge in [-0.05, 0) is 31.0 Å². The molecular formula is C29H29FN6O3. The average Bonchev–Trinajstić information content (AvgIpc) is 3.58. The Balaban J connectivity index is 1.46. The van der Waals surface area contributed by atoms with E-state index in [0.717, 1.165) is 22.5 Å². The summed E-state index contributed by atoms with van der Waals surface area (Å²) < 4.78 is 28.9. The zero-order valence-electron chi connectivity index (χ0n) is 21.8. The van der Waals surface area contributed by atoms with Crippen molar-refractivity contribution in [1.82, 2.24) is 24.1 Å². The minimum atomic E-state index is -1.11. The first kappa shape index (κ1) is 25.0. The molecule has 6 rings (SSSR count). The molecule has 0 radical (unpaired) electrons. The number of hydrogen-bond donors (Lipinski definition) is 0. The highest BCUT2D eigenvalue weighted by Crippen LogP contribution is 2.37. The predicted molar refractivity (Wildman–Crippen MR) is 145 cm³/mol. The number of pyridine rings is 1. The zero-order chi connectivity index (χ0) is 26.9. The van der Waals surface area contributed by atoms with Gasteiger partial charge in [0.25, 0.3) is 0 Å². The lowest BCUT2D eigenvalue weighted by Crippen LogP contribution is -2.32. The summed E-state index contributed by atoms with van der Waals surface area (Å²) in [6.45, 7) is 3.22. The number of rotatable bonds is 7. The van der Waals surface area contributed by atoms with Crippen molar-refractivity contribution in [2.24, 2.45) is 0 Å². The lowest BCUT2D eigenvalue weighted by Gasteiger charge is -2.29. The molecule has 1 saturated heterocycles. The lowest BCUT2D eigenvalue weighted by molar-refractivity contribution is 0.00346. The van der Waals surface area contributed by atoms with E-state index in [0.29, 0.717) is 36.7 Å². The molecule has 0 aliphatic carbocycles. The Bertz CT molecular complexity index is 1580. The summed E-state index contributed by atoms with van der Waals surface area (Å²) in [6, 6.07) is 15.6. The van der Waals surface area contributed by atoms with Gasteiger partial charge in [-0.3, -0.25) is 0 Å². The largest absolute Gasteiger partial charge is 0.462 e. The molecular weight excluding hydrogens is 499 g/mol. The van der Waals surface area contributed by atoms with Crippen molar-refractivity contribution in [1.29, 1.82) is 0 Å². The number of fused-ring (bicyclic) bond motifs is 2. The summed E-state index contributed by atoms with van der Waals surface area (Å²) >= 11 is 0. The van der Waals surface area contributed by atoms with Gasteiger partial charge in [0, 0.05) is 49.8 Å². The zero-order valence-corrected chi connectivity index (χ0v) is 21.8. The smallest absolute Gasteiger partial charge is 0.343 e. The summed E-state index contributed by atoms with van der Waals surface area (Å²) in [4.78, 5) is 24.4. The number of hydrogen-bond acceptors (Lipinski definition) is 7. The topological polar surface area (TPSA) is 86.8 Å². The monoisotopic (exact) mass is 528 g/mol. The average molecular weight is 529 g/mol. The van der Waals surface area contributed by atoms with Crippen LogP contribution in [0.4, 0.5) is 10.2 Å². The van der Waals surface area contributed by atoms with Crippen LogP contribution in [0.2, 0.25) is 0 Å². The van der Waals surface area contributed by atoms with Gasteiger partial charge in [0.1, 0.15) is 23.4 Å². The van der Waals surface area contributed by atoms with Crippen molar-refractivity contribution in [2.75, 3.05) is 31.8 Å². The molecule has 0 bridgehead atoms. The minimum Gasteiger partial charge on any atom is -0.462 e.